The molecule has 2 heteroatoms. The van der Waals surface area contributed by atoms with Gasteiger partial charge in [0, 0.05) is 0 Å². The van der Waals surface area contributed by atoms with Gasteiger partial charge in [-0.05, 0) is 23.7 Å². The molecule has 6 aromatic carbocycles. The molecule has 0 spiro atoms. The van der Waals surface area contributed by atoms with E-state index in [1.807, 2.05) is 0 Å². The van der Waals surface area contributed by atoms with Crippen LogP contribution in [-0.4, -0.2) is 8.07 Å². The summed E-state index contributed by atoms with van der Waals surface area (Å²) in [5, 5.41) is 11.9. The Labute approximate surface area is 312 Å². The maximum absolute atomic E-state index is 2.86. The molecule has 0 saturated heterocycles. The molecule has 0 aliphatic rings. The molecule has 0 atom stereocenters. The minimum atomic E-state index is -2.86. The number of aryl methyl sites for hydroxylation is 2. The average Bonchev–Trinajstić information content (AvgIpc) is 3.53. The Balaban J connectivity index is 0.00000208. The molecular weight excluding hydrogens is 672 g/mol. The Morgan fingerprint density at radius 2 is 0.812 bits per heavy atom. The van der Waals surface area contributed by atoms with Crippen LogP contribution in [0.1, 0.15) is 112 Å². The topological polar surface area (TPSA) is 0 Å². The van der Waals surface area contributed by atoms with Crippen molar-refractivity contribution in [3.8, 4) is 0 Å². The van der Waals surface area contributed by atoms with Gasteiger partial charge in [0.15, 0.2) is 0 Å². The molecule has 48 heavy (non-hydrogen) atoms. The predicted molar refractivity (Wildman–Crippen MR) is 215 cm³/mol. The van der Waals surface area contributed by atoms with E-state index in [4.69, 9.17) is 0 Å². The van der Waals surface area contributed by atoms with Crippen LogP contribution in [-0.2, 0) is 26.2 Å². The van der Waals surface area contributed by atoms with Crippen LogP contribution in [0.4, 0.5) is 0 Å². The fraction of sp³-hybridized carbons (Fsp3) is 0.304. The molecule has 0 aliphatic carbocycles. The summed E-state index contributed by atoms with van der Waals surface area (Å²) in [6.45, 7) is 23.6. The summed E-state index contributed by atoms with van der Waals surface area (Å²) in [4.78, 5) is 0. The van der Waals surface area contributed by atoms with Gasteiger partial charge in [0.1, 0.15) is 0 Å². The minimum Gasteiger partial charge on any atom is -0.358 e. The summed E-state index contributed by atoms with van der Waals surface area (Å²) in [6, 6.07) is 38.2. The Hall–Kier alpha value is -2.80. The van der Waals surface area contributed by atoms with Crippen molar-refractivity contribution in [2.24, 2.45) is 0 Å². The number of fused-ring (bicyclic) bond motifs is 2. The second-order valence-corrected chi connectivity index (χ2v) is 18.3. The van der Waals surface area contributed by atoms with Gasteiger partial charge in [-0.15, -0.1) is 67.3 Å². The normalized spacial score (nSPS) is 11.8. The van der Waals surface area contributed by atoms with Gasteiger partial charge in [0.25, 0.3) is 0 Å². The third kappa shape index (κ3) is 6.45. The van der Waals surface area contributed by atoms with E-state index < -0.39 is 8.07 Å². The molecule has 0 amide bonds. The predicted octanol–water partition coefficient (Wildman–Crippen LogP) is 10.8. The van der Waals surface area contributed by atoms with E-state index >= 15 is 0 Å². The van der Waals surface area contributed by atoms with Crippen LogP contribution in [0, 0.1) is 28.7 Å². The fourth-order valence-corrected chi connectivity index (χ4v) is 13.8. The maximum atomic E-state index is 2.53. The number of rotatable bonds is 8. The van der Waals surface area contributed by atoms with Crippen LogP contribution in [0.3, 0.4) is 0 Å². The van der Waals surface area contributed by atoms with Gasteiger partial charge in [-0.2, -0.15) is 0 Å². The molecule has 0 N–H and O–H groups in total. The van der Waals surface area contributed by atoms with Gasteiger partial charge in [-0.25, -0.2) is 0 Å². The van der Waals surface area contributed by atoms with Crippen LogP contribution in [0.5, 0.6) is 0 Å². The van der Waals surface area contributed by atoms with Crippen molar-refractivity contribution in [3.63, 3.8) is 0 Å². The first-order valence-electron chi connectivity index (χ1n) is 17.1. The zero-order valence-electron chi connectivity index (χ0n) is 31.5. The Kier molecular flexibility index (Phi) is 12.7. The summed E-state index contributed by atoms with van der Waals surface area (Å²) >= 11 is 0. The Morgan fingerprint density at radius 1 is 0.479 bits per heavy atom. The second-order valence-electron chi connectivity index (χ2n) is 14.7. The van der Waals surface area contributed by atoms with Crippen molar-refractivity contribution in [2.75, 3.05) is 0 Å². The van der Waals surface area contributed by atoms with Crippen molar-refractivity contribution < 1.29 is 26.2 Å². The summed E-state index contributed by atoms with van der Waals surface area (Å²) in [7, 11) is -2.86. The molecular formula is C46H56SiZr. The molecule has 0 saturated carbocycles. The molecule has 0 unspecified atom stereocenters. The quantitative estimate of drug-likeness (QED) is 0.108. The van der Waals surface area contributed by atoms with Crippen molar-refractivity contribution in [3.05, 3.63) is 145 Å². The fourth-order valence-electron chi connectivity index (χ4n) is 8.02. The Morgan fingerprint density at radius 3 is 1.10 bits per heavy atom. The number of hydrogen-bond donors (Lipinski definition) is 0. The van der Waals surface area contributed by atoms with E-state index in [1.54, 1.807) is 10.4 Å². The van der Waals surface area contributed by atoms with Crippen molar-refractivity contribution in [2.45, 2.75) is 92.9 Å². The number of benzene rings is 4. The average molecular weight is 728 g/mol. The van der Waals surface area contributed by atoms with E-state index in [1.165, 1.54) is 65.3 Å². The first-order valence-corrected chi connectivity index (χ1v) is 19.1. The SMILES string of the molecule is Cc1[cH-]c2cc(C(C)C)cc(C(C)C)c2c1[Si](c1ccccc1)(c1ccccc1)c1c(C)[cH-]c2cc(C(C)C)cc(C(C)C)c12.[CH3-].[CH3-].[Zr+4]. The molecule has 6 rings (SSSR count). The van der Waals surface area contributed by atoms with Crippen LogP contribution in [0.25, 0.3) is 21.5 Å². The van der Waals surface area contributed by atoms with Gasteiger partial charge in [-0.3, -0.25) is 0 Å². The number of hydrogen-bond acceptors (Lipinski definition) is 0. The zero-order valence-corrected chi connectivity index (χ0v) is 35.0. The molecule has 6 aromatic rings. The molecule has 0 heterocycles. The monoisotopic (exact) mass is 726 g/mol. The third-order valence-electron chi connectivity index (χ3n) is 10.2. The largest absolute Gasteiger partial charge is 4.00 e. The second kappa shape index (κ2) is 15.4. The molecule has 0 radical (unpaired) electrons. The summed E-state index contributed by atoms with van der Waals surface area (Å²) in [6.07, 6.45) is 0. The van der Waals surface area contributed by atoms with Crippen LogP contribution in [0.15, 0.2) is 97.1 Å². The summed E-state index contributed by atoms with van der Waals surface area (Å²) < 4.78 is 0. The summed E-state index contributed by atoms with van der Waals surface area (Å²) in [5.41, 5.74) is 8.70. The first kappa shape index (κ1) is 39.6. The van der Waals surface area contributed by atoms with Gasteiger partial charge in [-0.1, -0.05) is 175 Å². The van der Waals surface area contributed by atoms with E-state index in [0.717, 1.165) is 0 Å². The maximum Gasteiger partial charge on any atom is 4.00 e. The minimum absolute atomic E-state index is 0. The summed E-state index contributed by atoms with van der Waals surface area (Å²) in [5.74, 6) is 1.81. The van der Waals surface area contributed by atoms with E-state index in [0.29, 0.717) is 23.7 Å². The van der Waals surface area contributed by atoms with Gasteiger partial charge < -0.3 is 14.9 Å². The van der Waals surface area contributed by atoms with Crippen LogP contribution < -0.4 is 20.7 Å². The van der Waals surface area contributed by atoms with E-state index in [2.05, 4.69) is 166 Å². The molecule has 0 fully saturated rings. The zero-order chi connectivity index (χ0) is 32.2. The van der Waals surface area contributed by atoms with E-state index in [9.17, 15) is 0 Å². The van der Waals surface area contributed by atoms with E-state index in [-0.39, 0.29) is 41.1 Å². The molecule has 248 valence electrons. The van der Waals surface area contributed by atoms with Gasteiger partial charge in [0.05, 0.1) is 8.07 Å². The van der Waals surface area contributed by atoms with Gasteiger partial charge >= 0.3 is 26.2 Å². The third-order valence-corrected chi connectivity index (χ3v) is 15.4. The molecule has 0 aromatic heterocycles. The van der Waals surface area contributed by atoms with Gasteiger partial charge in [0.2, 0.25) is 0 Å². The van der Waals surface area contributed by atoms with Crippen LogP contribution in [0.2, 0.25) is 0 Å². The standard InChI is InChI=1S/C44H50Si.2CH3.Zr/c1-27(2)33-23-35-21-31(9)43(41(35)39(25-33)29(5)6)45(37-17-13-11-14-18-37,38-19-15-12-16-20-38)44-32(10)22-36-24-34(28(3)4)26-40(30(7)8)42(36)44;;;/h11-30H,1-10H3;2*1H3;/q-2;2*-1;+4. The van der Waals surface area contributed by atoms with Crippen molar-refractivity contribution in [1.82, 2.24) is 0 Å². The molecule has 0 bridgehead atoms. The smallest absolute Gasteiger partial charge is 0.358 e. The molecule has 0 aliphatic heterocycles. The first-order chi connectivity index (χ1) is 21.5. The Bertz CT molecular complexity index is 1820. The van der Waals surface area contributed by atoms with Crippen molar-refractivity contribution >= 4 is 50.4 Å². The molecule has 0 nitrogen and oxygen atoms in total. The van der Waals surface area contributed by atoms with Crippen LogP contribution >= 0.6 is 0 Å². The van der Waals surface area contributed by atoms with Crippen molar-refractivity contribution in [1.29, 1.82) is 0 Å².